The van der Waals surface area contributed by atoms with Crippen LogP contribution in [0.15, 0.2) is 22.9 Å². The number of rotatable bonds is 3. The SMILES string of the molecule is CN(C1CC1)C12CC(c3cn4cc(Br)cc(F)c4n3)(C1)C2. The summed E-state index contributed by atoms with van der Waals surface area (Å²) in [6.07, 6.45) is 10.2. The first-order valence-corrected chi connectivity index (χ1v) is 8.38. The van der Waals surface area contributed by atoms with Gasteiger partial charge in [-0.25, -0.2) is 9.37 Å². The van der Waals surface area contributed by atoms with Crippen molar-refractivity contribution in [1.82, 2.24) is 14.3 Å². The molecule has 0 aliphatic heterocycles. The molecule has 0 unspecified atom stereocenters. The normalized spacial score (nSPS) is 34.1. The van der Waals surface area contributed by atoms with Crippen molar-refractivity contribution in [3.8, 4) is 0 Å². The lowest BCUT2D eigenvalue weighted by molar-refractivity contribution is -0.165. The van der Waals surface area contributed by atoms with Crippen LogP contribution in [0.2, 0.25) is 0 Å². The quantitative estimate of drug-likeness (QED) is 0.845. The molecule has 0 amide bonds. The summed E-state index contributed by atoms with van der Waals surface area (Å²) in [7, 11) is 2.28. The largest absolute Gasteiger partial charge is 0.303 e. The fourth-order valence-electron chi connectivity index (χ4n) is 4.51. The molecular weight excluding hydrogens is 333 g/mol. The van der Waals surface area contributed by atoms with E-state index in [-0.39, 0.29) is 11.2 Å². The van der Waals surface area contributed by atoms with Crippen molar-refractivity contribution in [2.75, 3.05) is 7.05 Å². The summed E-state index contributed by atoms with van der Waals surface area (Å²) in [5, 5.41) is 0. The van der Waals surface area contributed by atoms with E-state index in [1.165, 1.54) is 38.2 Å². The van der Waals surface area contributed by atoms with Crippen LogP contribution in [0.3, 0.4) is 0 Å². The fourth-order valence-corrected chi connectivity index (χ4v) is 4.93. The van der Waals surface area contributed by atoms with Crippen LogP contribution in [0.4, 0.5) is 4.39 Å². The zero-order chi connectivity index (χ0) is 14.4. The van der Waals surface area contributed by atoms with Crippen LogP contribution < -0.4 is 0 Å². The summed E-state index contributed by atoms with van der Waals surface area (Å²) >= 11 is 3.34. The minimum atomic E-state index is -0.257. The minimum absolute atomic E-state index is 0.216. The van der Waals surface area contributed by atoms with Crippen molar-refractivity contribution in [1.29, 1.82) is 0 Å². The van der Waals surface area contributed by atoms with E-state index in [9.17, 15) is 4.39 Å². The standard InChI is InChI=1S/C16H17BrFN3/c1-20(11-2-3-11)16-7-15(8-16,9-16)13-6-21-5-10(17)4-12(18)14(21)19-13/h4-6,11H,2-3,7-9H2,1H3. The maximum atomic E-state index is 14.0. The lowest BCUT2D eigenvalue weighted by atomic mass is 9.38. The Bertz CT molecular complexity index is 744. The second-order valence-electron chi connectivity index (χ2n) is 7.24. The first-order chi connectivity index (χ1) is 10.0. The van der Waals surface area contributed by atoms with Crippen molar-refractivity contribution < 1.29 is 4.39 Å². The van der Waals surface area contributed by atoms with Gasteiger partial charge in [0.2, 0.25) is 0 Å². The smallest absolute Gasteiger partial charge is 0.173 e. The van der Waals surface area contributed by atoms with E-state index in [0.29, 0.717) is 11.2 Å². The van der Waals surface area contributed by atoms with Crippen molar-refractivity contribution in [3.05, 3.63) is 34.4 Å². The molecule has 4 fully saturated rings. The van der Waals surface area contributed by atoms with Gasteiger partial charge < -0.3 is 4.40 Å². The first kappa shape index (κ1) is 12.6. The molecule has 2 aromatic heterocycles. The van der Waals surface area contributed by atoms with Crippen LogP contribution in [-0.4, -0.2) is 32.9 Å². The van der Waals surface area contributed by atoms with Crippen LogP contribution in [0.25, 0.3) is 5.65 Å². The molecule has 2 heterocycles. The van der Waals surface area contributed by atoms with Gasteiger partial charge in [0.25, 0.3) is 0 Å². The highest BCUT2D eigenvalue weighted by Crippen LogP contribution is 2.70. The third-order valence-electron chi connectivity index (χ3n) is 5.86. The molecule has 4 aliphatic carbocycles. The Morgan fingerprint density at radius 1 is 1.33 bits per heavy atom. The predicted molar refractivity (Wildman–Crippen MR) is 81.9 cm³/mol. The van der Waals surface area contributed by atoms with Crippen LogP contribution in [0, 0.1) is 5.82 Å². The summed E-state index contributed by atoms with van der Waals surface area (Å²) in [5.41, 5.74) is 2.16. The second kappa shape index (κ2) is 3.69. The zero-order valence-corrected chi connectivity index (χ0v) is 13.5. The minimum Gasteiger partial charge on any atom is -0.303 e. The van der Waals surface area contributed by atoms with Gasteiger partial charge in [0.1, 0.15) is 0 Å². The van der Waals surface area contributed by atoms with Gasteiger partial charge in [-0.05, 0) is 61.1 Å². The summed E-state index contributed by atoms with van der Waals surface area (Å²) in [6, 6.07) is 2.30. The Kier molecular flexibility index (Phi) is 2.21. The Hall–Kier alpha value is -0.940. The molecule has 5 heteroatoms. The van der Waals surface area contributed by atoms with Crippen LogP contribution >= 0.6 is 15.9 Å². The van der Waals surface area contributed by atoms with E-state index in [1.807, 2.05) is 16.8 Å². The number of nitrogens with zero attached hydrogens (tertiary/aromatic N) is 3. The fraction of sp³-hybridized carbons (Fsp3) is 0.562. The maximum Gasteiger partial charge on any atom is 0.173 e. The molecule has 2 bridgehead atoms. The van der Waals surface area contributed by atoms with Gasteiger partial charge >= 0.3 is 0 Å². The molecule has 6 rings (SSSR count). The monoisotopic (exact) mass is 349 g/mol. The van der Waals surface area contributed by atoms with Gasteiger partial charge in [0.05, 0.1) is 5.69 Å². The van der Waals surface area contributed by atoms with E-state index < -0.39 is 0 Å². The van der Waals surface area contributed by atoms with Gasteiger partial charge in [-0.3, -0.25) is 4.90 Å². The molecule has 0 spiro atoms. The van der Waals surface area contributed by atoms with Gasteiger partial charge in [-0.15, -0.1) is 0 Å². The maximum absolute atomic E-state index is 14.0. The Labute approximate surface area is 131 Å². The molecule has 4 saturated carbocycles. The van der Waals surface area contributed by atoms with E-state index >= 15 is 0 Å². The van der Waals surface area contributed by atoms with E-state index in [1.54, 1.807) is 0 Å². The van der Waals surface area contributed by atoms with Gasteiger partial charge in [-0.1, -0.05) is 0 Å². The Morgan fingerprint density at radius 2 is 2.05 bits per heavy atom. The van der Waals surface area contributed by atoms with E-state index in [4.69, 9.17) is 0 Å². The first-order valence-electron chi connectivity index (χ1n) is 7.59. The molecule has 21 heavy (non-hydrogen) atoms. The van der Waals surface area contributed by atoms with Crippen LogP contribution in [0.5, 0.6) is 0 Å². The van der Waals surface area contributed by atoms with Crippen molar-refractivity contribution in [2.45, 2.75) is 49.1 Å². The summed E-state index contributed by atoms with van der Waals surface area (Å²) in [5.74, 6) is -0.257. The highest BCUT2D eigenvalue weighted by molar-refractivity contribution is 9.10. The molecule has 0 aromatic carbocycles. The topological polar surface area (TPSA) is 20.5 Å². The van der Waals surface area contributed by atoms with Gasteiger partial charge in [0, 0.05) is 33.9 Å². The predicted octanol–water partition coefficient (Wildman–Crippen LogP) is 3.50. The van der Waals surface area contributed by atoms with E-state index in [0.717, 1.165) is 16.2 Å². The molecular formula is C16H17BrFN3. The number of pyridine rings is 1. The third-order valence-corrected chi connectivity index (χ3v) is 6.30. The summed E-state index contributed by atoms with van der Waals surface area (Å²) < 4.78 is 16.5. The number of imidazole rings is 1. The number of fused-ring (bicyclic) bond motifs is 1. The van der Waals surface area contributed by atoms with Gasteiger partial charge in [-0.2, -0.15) is 0 Å². The number of aromatic nitrogens is 2. The summed E-state index contributed by atoms with van der Waals surface area (Å²) in [4.78, 5) is 7.18. The molecule has 0 radical (unpaired) electrons. The van der Waals surface area contributed by atoms with E-state index in [2.05, 4.69) is 32.9 Å². The molecule has 2 aromatic rings. The molecule has 0 N–H and O–H groups in total. The lowest BCUT2D eigenvalue weighted by Crippen LogP contribution is -2.76. The summed E-state index contributed by atoms with van der Waals surface area (Å²) in [6.45, 7) is 0. The van der Waals surface area contributed by atoms with Crippen molar-refractivity contribution in [3.63, 3.8) is 0 Å². The van der Waals surface area contributed by atoms with Crippen molar-refractivity contribution in [2.24, 2.45) is 0 Å². The number of hydrogen-bond acceptors (Lipinski definition) is 2. The molecule has 0 saturated heterocycles. The molecule has 110 valence electrons. The zero-order valence-electron chi connectivity index (χ0n) is 11.9. The Balaban J connectivity index is 1.47. The van der Waals surface area contributed by atoms with Crippen molar-refractivity contribution >= 4 is 21.6 Å². The molecule has 0 atom stereocenters. The lowest BCUT2D eigenvalue weighted by Gasteiger charge is -2.73. The highest BCUT2D eigenvalue weighted by atomic mass is 79.9. The molecule has 4 aliphatic rings. The molecule has 3 nitrogen and oxygen atoms in total. The highest BCUT2D eigenvalue weighted by Gasteiger charge is 2.72. The van der Waals surface area contributed by atoms with Crippen LogP contribution in [0.1, 0.15) is 37.8 Å². The number of halogens is 2. The average molecular weight is 350 g/mol. The van der Waals surface area contributed by atoms with Gasteiger partial charge in [0.15, 0.2) is 11.5 Å². The second-order valence-corrected chi connectivity index (χ2v) is 8.16. The third kappa shape index (κ3) is 1.54. The average Bonchev–Trinajstić information content (AvgIpc) is 3.07. The Morgan fingerprint density at radius 3 is 2.71 bits per heavy atom. The number of hydrogen-bond donors (Lipinski definition) is 0. The van der Waals surface area contributed by atoms with Crippen LogP contribution in [-0.2, 0) is 5.41 Å².